The predicted molar refractivity (Wildman–Crippen MR) is 102 cm³/mol. The average Bonchev–Trinajstić information content (AvgIpc) is 3.38. The summed E-state index contributed by atoms with van der Waals surface area (Å²) in [5.41, 5.74) is 0.695. The lowest BCUT2D eigenvalue weighted by atomic mass is 10.2. The van der Waals surface area contributed by atoms with Crippen LogP contribution in [0.1, 0.15) is 25.2 Å². The van der Waals surface area contributed by atoms with Gasteiger partial charge in [0.2, 0.25) is 17.7 Å². The summed E-state index contributed by atoms with van der Waals surface area (Å²) in [5.74, 6) is 0.873. The smallest absolute Gasteiger partial charge is 0.249 e. The van der Waals surface area contributed by atoms with E-state index in [4.69, 9.17) is 20.8 Å². The summed E-state index contributed by atoms with van der Waals surface area (Å²) in [7, 11) is 3.63. The number of carbonyl (C=O) groups excluding carboxylic acids is 1. The minimum Gasteiger partial charge on any atom is -0.419 e. The molecule has 1 aliphatic carbocycles. The highest BCUT2D eigenvalue weighted by molar-refractivity contribution is 6.33. The number of halogens is 1. The first-order valence-corrected chi connectivity index (χ1v) is 9.50. The van der Waals surface area contributed by atoms with Crippen LogP contribution < -0.4 is 0 Å². The van der Waals surface area contributed by atoms with Gasteiger partial charge in [-0.05, 0) is 38.4 Å². The Bertz CT molecular complexity index is 763. The number of amides is 1. The average molecular weight is 393 g/mol. The van der Waals surface area contributed by atoms with Gasteiger partial charge in [-0.25, -0.2) is 0 Å². The molecule has 1 amide bonds. The number of ether oxygens (including phenoxy) is 1. The van der Waals surface area contributed by atoms with Crippen LogP contribution in [0, 0.1) is 0 Å². The van der Waals surface area contributed by atoms with Gasteiger partial charge in [0.05, 0.1) is 23.7 Å². The van der Waals surface area contributed by atoms with Crippen LogP contribution in [-0.2, 0) is 16.1 Å². The third-order valence-electron chi connectivity index (χ3n) is 4.48. The van der Waals surface area contributed by atoms with E-state index in [9.17, 15) is 4.79 Å². The Morgan fingerprint density at radius 3 is 2.81 bits per heavy atom. The van der Waals surface area contributed by atoms with E-state index in [1.807, 2.05) is 35.0 Å². The van der Waals surface area contributed by atoms with Crippen molar-refractivity contribution in [3.8, 4) is 11.5 Å². The first kappa shape index (κ1) is 19.8. The molecule has 0 N–H and O–H groups in total. The van der Waals surface area contributed by atoms with Crippen molar-refractivity contribution in [1.82, 2.24) is 20.0 Å². The number of likely N-dealkylation sites (N-methyl/N-ethyl adjacent to an activating group) is 1. The summed E-state index contributed by atoms with van der Waals surface area (Å²) >= 11 is 6.19. The van der Waals surface area contributed by atoms with Gasteiger partial charge in [0.25, 0.3) is 0 Å². The molecule has 1 aromatic heterocycles. The van der Waals surface area contributed by atoms with Crippen LogP contribution in [0.3, 0.4) is 0 Å². The van der Waals surface area contributed by atoms with Crippen molar-refractivity contribution in [3.05, 3.63) is 35.2 Å². The largest absolute Gasteiger partial charge is 0.419 e. The zero-order valence-electron chi connectivity index (χ0n) is 15.7. The Morgan fingerprint density at radius 1 is 1.33 bits per heavy atom. The second-order valence-electron chi connectivity index (χ2n) is 6.82. The van der Waals surface area contributed by atoms with Gasteiger partial charge in [0.15, 0.2) is 0 Å². The van der Waals surface area contributed by atoms with Gasteiger partial charge in [-0.1, -0.05) is 23.7 Å². The van der Waals surface area contributed by atoms with E-state index < -0.39 is 0 Å². The van der Waals surface area contributed by atoms with Crippen LogP contribution >= 0.6 is 11.6 Å². The van der Waals surface area contributed by atoms with Crippen molar-refractivity contribution >= 4 is 17.5 Å². The lowest BCUT2D eigenvalue weighted by Crippen LogP contribution is -2.40. The Labute approximate surface area is 164 Å². The monoisotopic (exact) mass is 392 g/mol. The van der Waals surface area contributed by atoms with E-state index in [1.54, 1.807) is 13.2 Å². The molecule has 1 heterocycles. The molecule has 27 heavy (non-hydrogen) atoms. The summed E-state index contributed by atoms with van der Waals surface area (Å²) in [4.78, 5) is 16.6. The highest BCUT2D eigenvalue weighted by Gasteiger charge is 2.34. The Morgan fingerprint density at radius 2 is 2.11 bits per heavy atom. The van der Waals surface area contributed by atoms with Crippen molar-refractivity contribution in [3.63, 3.8) is 0 Å². The molecule has 0 unspecified atom stereocenters. The van der Waals surface area contributed by atoms with Crippen LogP contribution in [0.2, 0.25) is 5.02 Å². The van der Waals surface area contributed by atoms with Crippen molar-refractivity contribution < 1.29 is 13.9 Å². The molecule has 1 saturated carbocycles. The van der Waals surface area contributed by atoms with Crippen LogP contribution in [0.5, 0.6) is 0 Å². The number of methoxy groups -OCH3 is 1. The minimum atomic E-state index is 0.0786. The Balaban J connectivity index is 1.62. The number of benzene rings is 1. The summed E-state index contributed by atoms with van der Waals surface area (Å²) in [6.45, 7) is 2.20. The van der Waals surface area contributed by atoms with Crippen molar-refractivity contribution in [2.24, 2.45) is 0 Å². The zero-order chi connectivity index (χ0) is 19.2. The molecule has 146 valence electrons. The van der Waals surface area contributed by atoms with Crippen molar-refractivity contribution in [2.75, 3.05) is 33.9 Å². The van der Waals surface area contributed by atoms with Crippen LogP contribution in [0.15, 0.2) is 28.7 Å². The number of aromatic nitrogens is 2. The standard InChI is InChI=1S/C19H25ClN4O3/c1-23(10-5-11-26-2)13-18(25)24(14-8-9-14)12-17-21-22-19(27-17)15-6-3-4-7-16(15)20/h3-4,6-7,14H,5,8-13H2,1-2H3. The fraction of sp³-hybridized carbons (Fsp3) is 0.526. The molecule has 0 atom stereocenters. The van der Waals surface area contributed by atoms with Crippen LogP contribution in [-0.4, -0.2) is 65.8 Å². The first-order chi connectivity index (χ1) is 13.1. The normalized spacial score (nSPS) is 13.9. The molecular formula is C19H25ClN4O3. The van der Waals surface area contributed by atoms with Gasteiger partial charge >= 0.3 is 0 Å². The molecule has 2 aromatic rings. The maximum Gasteiger partial charge on any atom is 0.249 e. The van der Waals surface area contributed by atoms with Crippen molar-refractivity contribution in [1.29, 1.82) is 0 Å². The number of carbonyl (C=O) groups is 1. The molecule has 1 aliphatic rings. The van der Waals surface area contributed by atoms with Gasteiger partial charge in [-0.2, -0.15) is 0 Å². The molecule has 0 saturated heterocycles. The van der Waals surface area contributed by atoms with E-state index in [2.05, 4.69) is 10.2 Å². The van der Waals surface area contributed by atoms with Crippen LogP contribution in [0.25, 0.3) is 11.5 Å². The molecule has 7 nitrogen and oxygen atoms in total. The Hall–Kier alpha value is -1.96. The van der Waals surface area contributed by atoms with Gasteiger partial charge < -0.3 is 14.1 Å². The second kappa shape index (κ2) is 9.30. The predicted octanol–water partition coefficient (Wildman–Crippen LogP) is 2.85. The number of rotatable bonds is 10. The van der Waals surface area contributed by atoms with Gasteiger partial charge in [0.1, 0.15) is 0 Å². The Kier molecular flexibility index (Phi) is 6.82. The first-order valence-electron chi connectivity index (χ1n) is 9.12. The van der Waals surface area contributed by atoms with Gasteiger partial charge in [0, 0.05) is 26.3 Å². The SMILES string of the molecule is COCCCN(C)CC(=O)N(Cc1nnc(-c2ccccc2Cl)o1)C1CC1. The number of nitrogens with zero attached hydrogens (tertiary/aromatic N) is 4. The summed E-state index contributed by atoms with van der Waals surface area (Å²) in [6.07, 6.45) is 2.93. The third-order valence-corrected chi connectivity index (χ3v) is 4.81. The van der Waals surface area contributed by atoms with Crippen molar-refractivity contribution in [2.45, 2.75) is 31.8 Å². The van der Waals surface area contributed by atoms with E-state index in [0.29, 0.717) is 42.1 Å². The molecule has 1 aromatic carbocycles. The molecule has 0 radical (unpaired) electrons. The summed E-state index contributed by atoms with van der Waals surface area (Å²) in [6, 6.07) is 7.59. The molecule has 0 bridgehead atoms. The van der Waals surface area contributed by atoms with Gasteiger partial charge in [-0.15, -0.1) is 10.2 Å². The minimum absolute atomic E-state index is 0.0786. The van der Waals surface area contributed by atoms with E-state index in [-0.39, 0.29) is 11.9 Å². The van der Waals surface area contributed by atoms with E-state index in [1.165, 1.54) is 0 Å². The molecule has 1 fully saturated rings. The number of hydrogen-bond acceptors (Lipinski definition) is 6. The molecular weight excluding hydrogens is 368 g/mol. The number of hydrogen-bond donors (Lipinski definition) is 0. The highest BCUT2D eigenvalue weighted by Crippen LogP contribution is 2.30. The lowest BCUT2D eigenvalue weighted by molar-refractivity contribution is -0.133. The molecule has 3 rings (SSSR count). The zero-order valence-corrected chi connectivity index (χ0v) is 16.5. The summed E-state index contributed by atoms with van der Waals surface area (Å²) in [5, 5.41) is 8.75. The summed E-state index contributed by atoms with van der Waals surface area (Å²) < 4.78 is 10.8. The van der Waals surface area contributed by atoms with Crippen LogP contribution in [0.4, 0.5) is 0 Å². The van der Waals surface area contributed by atoms with E-state index >= 15 is 0 Å². The quantitative estimate of drug-likeness (QED) is 0.579. The lowest BCUT2D eigenvalue weighted by Gasteiger charge is -2.24. The molecule has 0 aliphatic heterocycles. The topological polar surface area (TPSA) is 71.7 Å². The fourth-order valence-corrected chi connectivity index (χ4v) is 3.11. The fourth-order valence-electron chi connectivity index (χ4n) is 2.89. The van der Waals surface area contributed by atoms with Gasteiger partial charge in [-0.3, -0.25) is 9.69 Å². The maximum atomic E-state index is 12.7. The second-order valence-corrected chi connectivity index (χ2v) is 7.22. The van der Waals surface area contributed by atoms with E-state index in [0.717, 1.165) is 25.8 Å². The highest BCUT2D eigenvalue weighted by atomic mass is 35.5. The molecule has 0 spiro atoms. The third kappa shape index (κ3) is 5.51. The molecule has 8 heteroatoms. The maximum absolute atomic E-state index is 12.7.